The minimum absolute atomic E-state index is 0.117. The third kappa shape index (κ3) is 2.16. The molecule has 1 aromatic carbocycles. The molecule has 2 aliphatic rings. The lowest BCUT2D eigenvalue weighted by Crippen LogP contribution is -2.32. The minimum Gasteiger partial charge on any atom is -0.497 e. The number of fused-ring (bicyclic) bond motifs is 5. The summed E-state index contributed by atoms with van der Waals surface area (Å²) in [5, 5.41) is 11.2. The molecule has 1 unspecified atom stereocenters. The Kier molecular flexibility index (Phi) is 3.57. The highest BCUT2D eigenvalue weighted by Gasteiger charge is 2.34. The first-order valence-electron chi connectivity index (χ1n) is 9.14. The van der Waals surface area contributed by atoms with Crippen LogP contribution in [-0.2, 0) is 29.1 Å². The standard InChI is InChI=1S/C21H18N2O5/c1-3-11-12-6-10(27-2)4-5-16(12)22-18-14(11)8-23-17(18)7-13-15(20(23)25)9-28-21(26)19(13)24/h4-7,19,24H,3,8-9H2,1-2H3. The first kappa shape index (κ1) is 16.9. The van der Waals surface area contributed by atoms with Crippen molar-refractivity contribution in [1.82, 2.24) is 9.55 Å². The lowest BCUT2D eigenvalue weighted by atomic mass is 9.97. The maximum Gasteiger partial charge on any atom is 0.340 e. The number of carbonyl (C=O) groups excluding carboxylic acids is 1. The normalized spacial score (nSPS) is 17.1. The molecular weight excluding hydrogens is 360 g/mol. The van der Waals surface area contributed by atoms with Gasteiger partial charge in [-0.2, -0.15) is 0 Å². The fourth-order valence-electron chi connectivity index (χ4n) is 4.22. The van der Waals surface area contributed by atoms with Crippen molar-refractivity contribution in [2.24, 2.45) is 0 Å². The molecular formula is C21H18N2O5. The van der Waals surface area contributed by atoms with Crippen LogP contribution in [0.15, 0.2) is 29.1 Å². The van der Waals surface area contributed by atoms with E-state index in [2.05, 4.69) is 6.92 Å². The number of ether oxygens (including phenoxy) is 2. The molecule has 2 aliphatic heterocycles. The number of cyclic esters (lactones) is 1. The molecule has 7 heteroatoms. The number of aromatic nitrogens is 2. The van der Waals surface area contributed by atoms with Crippen LogP contribution in [0.3, 0.4) is 0 Å². The Morgan fingerprint density at radius 2 is 2.11 bits per heavy atom. The number of rotatable bonds is 2. The summed E-state index contributed by atoms with van der Waals surface area (Å²) >= 11 is 0. The van der Waals surface area contributed by atoms with E-state index in [-0.39, 0.29) is 12.2 Å². The topological polar surface area (TPSA) is 90.6 Å². The van der Waals surface area contributed by atoms with E-state index in [4.69, 9.17) is 14.5 Å². The lowest BCUT2D eigenvalue weighted by Gasteiger charge is -2.21. The predicted octanol–water partition coefficient (Wildman–Crippen LogP) is 2.09. The first-order chi connectivity index (χ1) is 13.5. The fraction of sp³-hybridized carbons (Fsp3) is 0.286. The van der Waals surface area contributed by atoms with Crippen molar-refractivity contribution >= 4 is 16.9 Å². The monoisotopic (exact) mass is 378 g/mol. The maximum absolute atomic E-state index is 13.0. The van der Waals surface area contributed by atoms with Gasteiger partial charge in [-0.25, -0.2) is 9.78 Å². The minimum atomic E-state index is -1.44. The third-order valence-electron chi connectivity index (χ3n) is 5.64. The van der Waals surface area contributed by atoms with Crippen molar-refractivity contribution in [2.45, 2.75) is 32.6 Å². The molecule has 142 valence electrons. The molecule has 0 bridgehead atoms. The zero-order valence-electron chi connectivity index (χ0n) is 15.5. The van der Waals surface area contributed by atoms with Crippen LogP contribution in [0.25, 0.3) is 22.3 Å². The highest BCUT2D eigenvalue weighted by Crippen LogP contribution is 2.38. The van der Waals surface area contributed by atoms with Crippen LogP contribution in [-0.4, -0.2) is 27.7 Å². The Morgan fingerprint density at radius 3 is 2.86 bits per heavy atom. The van der Waals surface area contributed by atoms with Crippen molar-refractivity contribution in [2.75, 3.05) is 7.11 Å². The number of hydrogen-bond donors (Lipinski definition) is 1. The summed E-state index contributed by atoms with van der Waals surface area (Å²) in [7, 11) is 1.63. The van der Waals surface area contributed by atoms with Crippen LogP contribution in [0.5, 0.6) is 5.75 Å². The Balaban J connectivity index is 1.80. The summed E-state index contributed by atoms with van der Waals surface area (Å²) < 4.78 is 11.9. The molecule has 0 amide bonds. The van der Waals surface area contributed by atoms with E-state index < -0.39 is 12.1 Å². The number of nitrogens with zero attached hydrogens (tertiary/aromatic N) is 2. The van der Waals surface area contributed by atoms with Crippen molar-refractivity contribution in [3.05, 3.63) is 56.9 Å². The van der Waals surface area contributed by atoms with Crippen LogP contribution in [0.1, 0.15) is 35.3 Å². The lowest BCUT2D eigenvalue weighted by molar-refractivity contribution is -0.157. The van der Waals surface area contributed by atoms with Crippen molar-refractivity contribution < 1.29 is 19.4 Å². The number of aliphatic hydroxyl groups excluding tert-OH is 1. The Bertz CT molecular complexity index is 1230. The van der Waals surface area contributed by atoms with E-state index in [1.165, 1.54) is 0 Å². The number of methoxy groups -OCH3 is 1. The summed E-state index contributed by atoms with van der Waals surface area (Å²) in [4.78, 5) is 29.6. The van der Waals surface area contributed by atoms with Crippen molar-refractivity contribution in [1.29, 1.82) is 0 Å². The van der Waals surface area contributed by atoms with Crippen molar-refractivity contribution in [3.8, 4) is 17.1 Å². The van der Waals surface area contributed by atoms with Gasteiger partial charge in [0.1, 0.15) is 12.4 Å². The number of esters is 1. The van der Waals surface area contributed by atoms with E-state index in [1.54, 1.807) is 17.7 Å². The summed E-state index contributed by atoms with van der Waals surface area (Å²) in [6.45, 7) is 2.36. The Hall–Kier alpha value is -3.19. The van der Waals surface area contributed by atoms with E-state index >= 15 is 0 Å². The molecule has 7 nitrogen and oxygen atoms in total. The molecule has 2 aromatic heterocycles. The zero-order chi connectivity index (χ0) is 19.6. The highest BCUT2D eigenvalue weighted by atomic mass is 16.5. The van der Waals surface area contributed by atoms with Gasteiger partial charge in [0.05, 0.1) is 36.1 Å². The van der Waals surface area contributed by atoms with Crippen LogP contribution in [0.2, 0.25) is 0 Å². The first-order valence-corrected chi connectivity index (χ1v) is 9.14. The molecule has 0 saturated heterocycles. The molecule has 0 fully saturated rings. The molecule has 1 N–H and O–H groups in total. The highest BCUT2D eigenvalue weighted by molar-refractivity contribution is 5.89. The second-order valence-electron chi connectivity index (χ2n) is 7.02. The number of benzene rings is 1. The average Bonchev–Trinajstić information content (AvgIpc) is 3.07. The van der Waals surface area contributed by atoms with Gasteiger partial charge in [0.2, 0.25) is 0 Å². The molecule has 0 saturated carbocycles. The Morgan fingerprint density at radius 1 is 1.29 bits per heavy atom. The molecule has 4 heterocycles. The maximum atomic E-state index is 13.0. The van der Waals surface area contributed by atoms with E-state index in [9.17, 15) is 14.7 Å². The second kappa shape index (κ2) is 5.90. The van der Waals surface area contributed by atoms with Crippen LogP contribution in [0, 0.1) is 0 Å². The van der Waals surface area contributed by atoms with Gasteiger partial charge in [0.15, 0.2) is 6.10 Å². The van der Waals surface area contributed by atoms with Crippen LogP contribution < -0.4 is 10.3 Å². The summed E-state index contributed by atoms with van der Waals surface area (Å²) in [6, 6.07) is 7.43. The average molecular weight is 378 g/mol. The molecule has 0 radical (unpaired) electrons. The quantitative estimate of drug-likeness (QED) is 0.537. The second-order valence-corrected chi connectivity index (χ2v) is 7.02. The van der Waals surface area contributed by atoms with E-state index in [0.29, 0.717) is 23.4 Å². The smallest absolute Gasteiger partial charge is 0.340 e. The van der Waals surface area contributed by atoms with E-state index in [0.717, 1.165) is 39.9 Å². The molecule has 3 aromatic rings. The van der Waals surface area contributed by atoms with Gasteiger partial charge in [0.25, 0.3) is 5.56 Å². The molecule has 1 atom stereocenters. The summed E-state index contributed by atoms with van der Waals surface area (Å²) in [6.07, 6.45) is -0.664. The number of aryl methyl sites for hydroxylation is 1. The Labute approximate surface area is 160 Å². The number of pyridine rings is 2. The molecule has 0 spiro atoms. The molecule has 5 rings (SSSR count). The summed E-state index contributed by atoms with van der Waals surface area (Å²) in [5.74, 6) is 0.0220. The van der Waals surface area contributed by atoms with Crippen LogP contribution in [0.4, 0.5) is 0 Å². The van der Waals surface area contributed by atoms with Gasteiger partial charge < -0.3 is 19.1 Å². The SMILES string of the molecule is CCc1c2c(nc3ccc(OC)cc13)-c1cc3c(c(=O)n1C2)COC(=O)C3O. The number of hydrogen-bond acceptors (Lipinski definition) is 6. The largest absolute Gasteiger partial charge is 0.497 e. The van der Waals surface area contributed by atoms with Gasteiger partial charge in [-0.15, -0.1) is 0 Å². The van der Waals surface area contributed by atoms with Gasteiger partial charge in [-0.05, 0) is 36.2 Å². The predicted molar refractivity (Wildman–Crippen MR) is 101 cm³/mol. The zero-order valence-corrected chi connectivity index (χ0v) is 15.5. The van der Waals surface area contributed by atoms with Crippen molar-refractivity contribution in [3.63, 3.8) is 0 Å². The van der Waals surface area contributed by atoms with Gasteiger partial charge in [0, 0.05) is 16.5 Å². The van der Waals surface area contributed by atoms with Crippen LogP contribution >= 0.6 is 0 Å². The fourth-order valence-corrected chi connectivity index (χ4v) is 4.22. The summed E-state index contributed by atoms with van der Waals surface area (Å²) in [5.41, 5.74) is 4.66. The third-order valence-corrected chi connectivity index (χ3v) is 5.64. The van der Waals surface area contributed by atoms with Gasteiger partial charge in [-0.3, -0.25) is 4.79 Å². The number of carbonyl (C=O) groups is 1. The molecule has 28 heavy (non-hydrogen) atoms. The molecule has 0 aliphatic carbocycles. The number of aliphatic hydroxyl groups is 1. The van der Waals surface area contributed by atoms with Gasteiger partial charge >= 0.3 is 5.97 Å². The van der Waals surface area contributed by atoms with Gasteiger partial charge in [-0.1, -0.05) is 6.92 Å². The van der Waals surface area contributed by atoms with E-state index in [1.807, 2.05) is 18.2 Å².